The molecule has 22 heavy (non-hydrogen) atoms. The van der Waals surface area contributed by atoms with Gasteiger partial charge in [0.25, 0.3) is 0 Å². The number of nitriles is 1. The second-order valence-corrected chi connectivity index (χ2v) is 6.90. The highest BCUT2D eigenvalue weighted by atomic mass is 32.2. The van der Waals surface area contributed by atoms with Gasteiger partial charge in [0.05, 0.1) is 11.0 Å². The first-order chi connectivity index (χ1) is 10.1. The molecule has 0 unspecified atom stereocenters. The van der Waals surface area contributed by atoms with E-state index in [2.05, 4.69) is 9.46 Å². The molecule has 1 aromatic rings. The molecule has 1 aliphatic rings. The van der Waals surface area contributed by atoms with Crippen LogP contribution in [-0.2, 0) is 10.0 Å². The van der Waals surface area contributed by atoms with Gasteiger partial charge in [-0.05, 0) is 49.9 Å². The Labute approximate surface area is 125 Å². The van der Waals surface area contributed by atoms with E-state index in [1.165, 1.54) is 6.92 Å². The second kappa shape index (κ2) is 5.44. The number of ether oxygens (including phenoxy) is 1. The normalized spacial score (nSPS) is 18.3. The molecule has 9 heteroatoms. The molecular formula is C13H13F3N2O3S. The van der Waals surface area contributed by atoms with Crippen molar-refractivity contribution in [2.24, 2.45) is 5.92 Å². The molecule has 5 nitrogen and oxygen atoms in total. The molecule has 2 rings (SSSR count). The van der Waals surface area contributed by atoms with E-state index in [1.807, 2.05) is 6.07 Å². The third-order valence-corrected chi connectivity index (χ3v) is 4.93. The summed E-state index contributed by atoms with van der Waals surface area (Å²) in [6.45, 7) is 1.49. The zero-order valence-corrected chi connectivity index (χ0v) is 12.3. The van der Waals surface area contributed by atoms with E-state index >= 15 is 0 Å². The number of nitrogens with one attached hydrogen (secondary N) is 1. The van der Waals surface area contributed by atoms with E-state index in [0.717, 1.165) is 37.1 Å². The van der Waals surface area contributed by atoms with Crippen LogP contribution in [0.1, 0.15) is 19.8 Å². The fourth-order valence-electron chi connectivity index (χ4n) is 2.02. The lowest BCUT2D eigenvalue weighted by molar-refractivity contribution is -0.274. The Bertz CT molecular complexity index is 691. The predicted molar refractivity (Wildman–Crippen MR) is 70.2 cm³/mol. The Balaban J connectivity index is 2.18. The van der Waals surface area contributed by atoms with Crippen LogP contribution in [-0.4, -0.2) is 20.3 Å². The fourth-order valence-corrected chi connectivity index (χ4v) is 3.40. The van der Waals surface area contributed by atoms with Gasteiger partial charge in [-0.2, -0.15) is 9.98 Å². The monoisotopic (exact) mass is 334 g/mol. The van der Waals surface area contributed by atoms with Crippen LogP contribution in [0.2, 0.25) is 0 Å². The van der Waals surface area contributed by atoms with E-state index in [0.29, 0.717) is 0 Å². The number of hydrogen-bond acceptors (Lipinski definition) is 4. The summed E-state index contributed by atoms with van der Waals surface area (Å²) in [6.07, 6.45) is -3.33. The number of halogens is 3. The van der Waals surface area contributed by atoms with Gasteiger partial charge < -0.3 is 4.74 Å². The van der Waals surface area contributed by atoms with Crippen LogP contribution in [0, 0.1) is 17.2 Å². The number of benzene rings is 1. The smallest absolute Gasteiger partial charge is 0.406 e. The number of nitrogens with zero attached hydrogens (tertiary/aromatic N) is 1. The first kappa shape index (κ1) is 16.6. The molecule has 1 aromatic carbocycles. The highest BCUT2D eigenvalue weighted by molar-refractivity contribution is 7.89. The largest absolute Gasteiger partial charge is 0.573 e. The van der Waals surface area contributed by atoms with Crippen molar-refractivity contribution in [3.8, 4) is 11.8 Å². The Hall–Kier alpha value is -1.79. The minimum atomic E-state index is -4.84. The quantitative estimate of drug-likeness (QED) is 0.897. The molecule has 1 aliphatic carbocycles. The van der Waals surface area contributed by atoms with Crippen LogP contribution >= 0.6 is 0 Å². The van der Waals surface area contributed by atoms with E-state index in [4.69, 9.17) is 5.26 Å². The lowest BCUT2D eigenvalue weighted by atomic mass is 10.0. The summed E-state index contributed by atoms with van der Waals surface area (Å²) in [7, 11) is -4.00. The van der Waals surface area contributed by atoms with Gasteiger partial charge >= 0.3 is 6.36 Å². The molecule has 0 radical (unpaired) electrons. The minimum Gasteiger partial charge on any atom is -0.406 e. The number of alkyl halides is 3. The van der Waals surface area contributed by atoms with Crippen LogP contribution in [0.4, 0.5) is 13.2 Å². The summed E-state index contributed by atoms with van der Waals surface area (Å²) >= 11 is 0. The Kier molecular flexibility index (Phi) is 4.10. The molecule has 1 fully saturated rings. The average molecular weight is 334 g/mol. The van der Waals surface area contributed by atoms with Crippen LogP contribution in [0.15, 0.2) is 29.2 Å². The van der Waals surface area contributed by atoms with E-state index < -0.39 is 27.7 Å². The molecular weight excluding hydrogens is 321 g/mol. The van der Waals surface area contributed by atoms with Crippen LogP contribution in [0.5, 0.6) is 5.75 Å². The molecule has 1 N–H and O–H groups in total. The van der Waals surface area contributed by atoms with Gasteiger partial charge in [0.1, 0.15) is 11.3 Å². The molecule has 0 aromatic heterocycles. The Morgan fingerprint density at radius 3 is 2.23 bits per heavy atom. The van der Waals surface area contributed by atoms with Crippen molar-refractivity contribution in [1.82, 2.24) is 4.72 Å². The molecule has 0 heterocycles. The zero-order valence-electron chi connectivity index (χ0n) is 11.5. The third-order valence-electron chi connectivity index (χ3n) is 3.34. The maximum absolute atomic E-state index is 12.2. The van der Waals surface area contributed by atoms with Crippen molar-refractivity contribution in [3.63, 3.8) is 0 Å². The second-order valence-electron chi connectivity index (χ2n) is 5.21. The summed E-state index contributed by atoms with van der Waals surface area (Å²) in [6, 6.07) is 5.74. The summed E-state index contributed by atoms with van der Waals surface area (Å²) in [5, 5.41) is 9.16. The van der Waals surface area contributed by atoms with Gasteiger partial charge in [-0.1, -0.05) is 0 Å². The lowest BCUT2D eigenvalue weighted by Crippen LogP contribution is -2.46. The SMILES string of the molecule is C[C@](C#N)(NS(=O)(=O)c1ccc(OC(F)(F)F)cc1)C1CC1. The van der Waals surface area contributed by atoms with Gasteiger partial charge in [0, 0.05) is 0 Å². The number of rotatable bonds is 5. The van der Waals surface area contributed by atoms with Gasteiger partial charge in [-0.3, -0.25) is 0 Å². The molecule has 0 spiro atoms. The van der Waals surface area contributed by atoms with Crippen LogP contribution < -0.4 is 9.46 Å². The van der Waals surface area contributed by atoms with Crippen LogP contribution in [0.25, 0.3) is 0 Å². The molecule has 0 bridgehead atoms. The molecule has 120 valence electrons. The van der Waals surface area contributed by atoms with Crippen LogP contribution in [0.3, 0.4) is 0 Å². The molecule has 1 atom stereocenters. The van der Waals surface area contributed by atoms with Gasteiger partial charge in [-0.15, -0.1) is 13.2 Å². The molecule has 0 saturated heterocycles. The van der Waals surface area contributed by atoms with E-state index in [1.54, 1.807) is 0 Å². The van der Waals surface area contributed by atoms with Crippen molar-refractivity contribution >= 4 is 10.0 Å². The topological polar surface area (TPSA) is 79.2 Å². The first-order valence-corrected chi connectivity index (χ1v) is 7.85. The van der Waals surface area contributed by atoms with Crippen molar-refractivity contribution in [2.45, 2.75) is 36.6 Å². The average Bonchev–Trinajstić information content (AvgIpc) is 3.21. The summed E-state index contributed by atoms with van der Waals surface area (Å²) in [5.41, 5.74) is -1.22. The summed E-state index contributed by atoms with van der Waals surface area (Å²) in [4.78, 5) is -0.232. The standard InChI is InChI=1S/C13H13F3N2O3S/c1-12(8-17,9-2-3-9)18-22(19,20)11-6-4-10(5-7-11)21-13(14,15)16/h4-7,9,18H,2-3H2,1H3/t12-/m1/s1. The van der Waals surface area contributed by atoms with Crippen molar-refractivity contribution in [3.05, 3.63) is 24.3 Å². The maximum Gasteiger partial charge on any atom is 0.573 e. The maximum atomic E-state index is 12.2. The Morgan fingerprint density at radius 2 is 1.82 bits per heavy atom. The van der Waals surface area contributed by atoms with Gasteiger partial charge in [0.15, 0.2) is 0 Å². The number of sulfonamides is 1. The molecule has 1 saturated carbocycles. The third kappa shape index (κ3) is 3.90. The fraction of sp³-hybridized carbons (Fsp3) is 0.462. The molecule has 0 aliphatic heterocycles. The van der Waals surface area contributed by atoms with Gasteiger partial charge in [0.2, 0.25) is 10.0 Å². The summed E-state index contributed by atoms with van der Waals surface area (Å²) < 4.78 is 66.6. The summed E-state index contributed by atoms with van der Waals surface area (Å²) in [5.74, 6) is -0.572. The minimum absolute atomic E-state index is 0.0555. The zero-order chi connectivity index (χ0) is 16.6. The number of hydrogen-bond donors (Lipinski definition) is 1. The van der Waals surface area contributed by atoms with E-state index in [-0.39, 0.29) is 10.8 Å². The Morgan fingerprint density at radius 1 is 1.27 bits per heavy atom. The molecule has 0 amide bonds. The predicted octanol–water partition coefficient (Wildman–Crippen LogP) is 2.56. The van der Waals surface area contributed by atoms with Gasteiger partial charge in [-0.25, -0.2) is 8.42 Å². The highest BCUT2D eigenvalue weighted by Crippen LogP contribution is 2.40. The van der Waals surface area contributed by atoms with Crippen molar-refractivity contribution in [1.29, 1.82) is 5.26 Å². The lowest BCUT2D eigenvalue weighted by Gasteiger charge is -2.22. The first-order valence-electron chi connectivity index (χ1n) is 6.37. The van der Waals surface area contributed by atoms with Crippen molar-refractivity contribution < 1.29 is 26.3 Å². The van der Waals surface area contributed by atoms with E-state index in [9.17, 15) is 21.6 Å². The highest BCUT2D eigenvalue weighted by Gasteiger charge is 2.44. The van der Waals surface area contributed by atoms with Crippen molar-refractivity contribution in [2.75, 3.05) is 0 Å².